The molecule has 0 nitrogen and oxygen atoms in total. The van der Waals surface area contributed by atoms with Gasteiger partial charge in [0, 0.05) is 0 Å². The van der Waals surface area contributed by atoms with E-state index in [4.69, 9.17) is 0 Å². The molecule has 2 saturated carbocycles. The fourth-order valence-corrected chi connectivity index (χ4v) is 3.46. The van der Waals surface area contributed by atoms with Gasteiger partial charge in [0.2, 0.25) is 0 Å². The number of hydrogen-bond acceptors (Lipinski definition) is 0. The summed E-state index contributed by atoms with van der Waals surface area (Å²) < 4.78 is 0. The molecule has 0 aromatic carbocycles. The predicted molar refractivity (Wildman–Crippen MR) is 62.2 cm³/mol. The highest BCUT2D eigenvalue weighted by molar-refractivity contribution is 5.28. The topological polar surface area (TPSA) is 0 Å². The Labute approximate surface area is 88.8 Å². The van der Waals surface area contributed by atoms with Crippen LogP contribution in [-0.4, -0.2) is 0 Å². The molecule has 0 heteroatoms. The van der Waals surface area contributed by atoms with Gasteiger partial charge in [0.1, 0.15) is 0 Å². The van der Waals surface area contributed by atoms with Gasteiger partial charge in [-0.3, -0.25) is 0 Å². The molecule has 0 aliphatic heterocycles. The summed E-state index contributed by atoms with van der Waals surface area (Å²) in [5, 5.41) is 0. The largest absolute Gasteiger partial charge is 0.0679 e. The molecule has 2 aliphatic carbocycles. The lowest BCUT2D eigenvalue weighted by molar-refractivity contribution is 0.274. The second-order valence-electron chi connectivity index (χ2n) is 5.42. The predicted octanol–water partition coefficient (Wildman–Crippen LogP) is 4.56. The normalized spacial score (nSPS) is 42.6. The number of hydrogen-bond donors (Lipinski definition) is 0. The smallest absolute Gasteiger partial charge is 0.0172 e. The van der Waals surface area contributed by atoms with E-state index in [1.165, 1.54) is 38.5 Å². The maximum Gasteiger partial charge on any atom is -0.0172 e. The summed E-state index contributed by atoms with van der Waals surface area (Å²) in [4.78, 5) is 0. The SMILES string of the molecule is CCCC1C(=C2CCCC2C)CC1C. The van der Waals surface area contributed by atoms with Crippen molar-refractivity contribution in [3.8, 4) is 0 Å². The highest BCUT2D eigenvalue weighted by Gasteiger charge is 2.35. The summed E-state index contributed by atoms with van der Waals surface area (Å²) in [5.41, 5.74) is 3.74. The van der Waals surface area contributed by atoms with E-state index in [9.17, 15) is 0 Å². The van der Waals surface area contributed by atoms with Crippen LogP contribution in [0.3, 0.4) is 0 Å². The van der Waals surface area contributed by atoms with E-state index in [1.54, 1.807) is 0 Å². The molecule has 0 spiro atoms. The highest BCUT2D eigenvalue weighted by Crippen LogP contribution is 2.48. The zero-order valence-electron chi connectivity index (χ0n) is 9.97. The maximum absolute atomic E-state index is 2.43. The van der Waals surface area contributed by atoms with Crippen LogP contribution in [0.2, 0.25) is 0 Å². The summed E-state index contributed by atoms with van der Waals surface area (Å²) in [6, 6.07) is 0. The highest BCUT2D eigenvalue weighted by atomic mass is 14.4. The molecule has 0 heterocycles. The van der Waals surface area contributed by atoms with Gasteiger partial charge in [-0.25, -0.2) is 0 Å². The first kappa shape index (κ1) is 10.3. The molecule has 0 radical (unpaired) electrons. The Morgan fingerprint density at radius 3 is 2.50 bits per heavy atom. The molecule has 0 bridgehead atoms. The molecule has 0 amide bonds. The third-order valence-corrected chi connectivity index (χ3v) is 4.37. The molecule has 0 aromatic heterocycles. The average molecular weight is 192 g/mol. The summed E-state index contributed by atoms with van der Waals surface area (Å²) in [7, 11) is 0. The van der Waals surface area contributed by atoms with E-state index >= 15 is 0 Å². The summed E-state index contributed by atoms with van der Waals surface area (Å²) >= 11 is 0. The zero-order valence-corrected chi connectivity index (χ0v) is 9.97. The van der Waals surface area contributed by atoms with E-state index < -0.39 is 0 Å². The van der Waals surface area contributed by atoms with Crippen molar-refractivity contribution in [1.29, 1.82) is 0 Å². The Morgan fingerprint density at radius 2 is 2.00 bits per heavy atom. The van der Waals surface area contributed by atoms with Crippen LogP contribution >= 0.6 is 0 Å². The second kappa shape index (κ2) is 4.08. The molecule has 3 atom stereocenters. The van der Waals surface area contributed by atoms with Gasteiger partial charge in [-0.05, 0) is 49.9 Å². The molecule has 14 heavy (non-hydrogen) atoms. The van der Waals surface area contributed by atoms with Gasteiger partial charge < -0.3 is 0 Å². The van der Waals surface area contributed by atoms with Crippen LogP contribution < -0.4 is 0 Å². The molecule has 0 N–H and O–H groups in total. The molecule has 2 rings (SSSR count). The van der Waals surface area contributed by atoms with Gasteiger partial charge in [0.15, 0.2) is 0 Å². The van der Waals surface area contributed by atoms with Crippen LogP contribution in [-0.2, 0) is 0 Å². The quantitative estimate of drug-likeness (QED) is 0.563. The first-order chi connectivity index (χ1) is 6.74. The lowest BCUT2D eigenvalue weighted by Gasteiger charge is -2.40. The zero-order chi connectivity index (χ0) is 10.1. The third kappa shape index (κ3) is 1.64. The van der Waals surface area contributed by atoms with Crippen molar-refractivity contribution in [2.45, 2.75) is 59.3 Å². The molecular weight excluding hydrogens is 168 g/mol. The standard InChI is InChI=1S/C14H24/c1-4-6-12-11(3)9-14(12)13-8-5-7-10(13)2/h10-12H,4-9H2,1-3H3. The van der Waals surface area contributed by atoms with Crippen molar-refractivity contribution in [3.63, 3.8) is 0 Å². The third-order valence-electron chi connectivity index (χ3n) is 4.37. The lowest BCUT2D eigenvalue weighted by Crippen LogP contribution is -2.28. The number of allylic oxidation sites excluding steroid dienone is 2. The van der Waals surface area contributed by atoms with E-state index in [0.29, 0.717) is 0 Å². The van der Waals surface area contributed by atoms with Gasteiger partial charge >= 0.3 is 0 Å². The van der Waals surface area contributed by atoms with Crippen LogP contribution in [0, 0.1) is 17.8 Å². The fraction of sp³-hybridized carbons (Fsp3) is 0.857. The lowest BCUT2D eigenvalue weighted by atomic mass is 9.65. The van der Waals surface area contributed by atoms with Crippen molar-refractivity contribution in [2.75, 3.05) is 0 Å². The monoisotopic (exact) mass is 192 g/mol. The molecule has 2 fully saturated rings. The van der Waals surface area contributed by atoms with Crippen LogP contribution in [0.1, 0.15) is 59.3 Å². The summed E-state index contributed by atoms with van der Waals surface area (Å²) in [6.07, 6.45) is 8.54. The van der Waals surface area contributed by atoms with E-state index in [-0.39, 0.29) is 0 Å². The van der Waals surface area contributed by atoms with Gasteiger partial charge in [-0.1, -0.05) is 38.3 Å². The average Bonchev–Trinajstić information content (AvgIpc) is 2.57. The van der Waals surface area contributed by atoms with Crippen molar-refractivity contribution in [3.05, 3.63) is 11.1 Å². The van der Waals surface area contributed by atoms with Gasteiger partial charge in [0.05, 0.1) is 0 Å². The van der Waals surface area contributed by atoms with Crippen molar-refractivity contribution >= 4 is 0 Å². The Bertz CT molecular complexity index is 236. The van der Waals surface area contributed by atoms with Gasteiger partial charge in [0.25, 0.3) is 0 Å². The Kier molecular flexibility index (Phi) is 2.99. The van der Waals surface area contributed by atoms with Crippen LogP contribution in [0.5, 0.6) is 0 Å². The first-order valence-corrected chi connectivity index (χ1v) is 6.45. The Balaban J connectivity index is 2.10. The van der Waals surface area contributed by atoms with E-state index in [0.717, 1.165) is 17.8 Å². The van der Waals surface area contributed by atoms with Crippen LogP contribution in [0.15, 0.2) is 11.1 Å². The minimum Gasteiger partial charge on any atom is -0.0679 e. The summed E-state index contributed by atoms with van der Waals surface area (Å²) in [5.74, 6) is 2.86. The number of rotatable bonds is 2. The molecule has 0 aromatic rings. The minimum atomic E-state index is 0.914. The first-order valence-electron chi connectivity index (χ1n) is 6.45. The molecule has 0 saturated heterocycles. The molecular formula is C14H24. The molecule has 80 valence electrons. The minimum absolute atomic E-state index is 0.914. The van der Waals surface area contributed by atoms with Crippen LogP contribution in [0.4, 0.5) is 0 Å². The molecule has 2 aliphatic rings. The Morgan fingerprint density at radius 1 is 1.21 bits per heavy atom. The van der Waals surface area contributed by atoms with E-state index in [2.05, 4.69) is 20.8 Å². The van der Waals surface area contributed by atoms with Crippen molar-refractivity contribution in [1.82, 2.24) is 0 Å². The van der Waals surface area contributed by atoms with Crippen molar-refractivity contribution < 1.29 is 0 Å². The second-order valence-corrected chi connectivity index (χ2v) is 5.42. The Hall–Kier alpha value is -0.260. The summed E-state index contributed by atoms with van der Waals surface area (Å²) in [6.45, 7) is 7.19. The maximum atomic E-state index is 2.43. The van der Waals surface area contributed by atoms with Crippen molar-refractivity contribution in [2.24, 2.45) is 17.8 Å². The fourth-order valence-electron chi connectivity index (χ4n) is 3.46. The van der Waals surface area contributed by atoms with Gasteiger partial charge in [-0.15, -0.1) is 0 Å². The van der Waals surface area contributed by atoms with E-state index in [1.807, 2.05) is 11.1 Å². The molecule has 3 unspecified atom stereocenters. The van der Waals surface area contributed by atoms with Gasteiger partial charge in [-0.2, -0.15) is 0 Å². The van der Waals surface area contributed by atoms with Crippen LogP contribution in [0.25, 0.3) is 0 Å².